The quantitative estimate of drug-likeness (QED) is 0.193. The fraction of sp³-hybridized carbons (Fsp3) is 0.600. The van der Waals surface area contributed by atoms with Gasteiger partial charge in [-0.2, -0.15) is 0 Å². The number of unbranched alkanes of at least 4 members (excludes halogenated alkanes) is 3. The zero-order valence-corrected chi connectivity index (χ0v) is 19.4. The van der Waals surface area contributed by atoms with Crippen LogP contribution in [-0.4, -0.2) is 42.5 Å². The Balaban J connectivity index is 2.27. The highest BCUT2D eigenvalue weighted by Crippen LogP contribution is 2.46. The maximum absolute atomic E-state index is 13.4. The van der Waals surface area contributed by atoms with Gasteiger partial charge < -0.3 is 14.2 Å². The van der Waals surface area contributed by atoms with Crippen molar-refractivity contribution in [2.24, 2.45) is 11.8 Å². The normalized spacial score (nSPS) is 24.9. The standard InChI is InChI=1S/C25H34O7/c1-5-6-7-8-9-10-11-19-16-21-20(14-15-25(19,24(21)29)32-18(3)27)22(31-17(2)26)12-13-23(28)30-4/h9-10,14-16,20-22H,5-8,11-13H2,1-4H3/b10-9-/t20-,21-,22+,25+/m1/s1. The van der Waals surface area contributed by atoms with Crippen molar-refractivity contribution in [1.82, 2.24) is 0 Å². The SMILES string of the molecule is CCCCC/C=C\CC1=C[C@H]2C(=O)[C@]1(OC(C)=O)C=C[C@H]2[C@H](CCC(=O)OC)OC(C)=O. The van der Waals surface area contributed by atoms with Crippen LogP contribution in [0, 0.1) is 11.8 Å². The third kappa shape index (κ3) is 6.17. The molecule has 0 spiro atoms. The van der Waals surface area contributed by atoms with Crippen LogP contribution in [-0.2, 0) is 33.4 Å². The predicted molar refractivity (Wildman–Crippen MR) is 118 cm³/mol. The second-order valence-electron chi connectivity index (χ2n) is 8.28. The number of hydrogen-bond acceptors (Lipinski definition) is 7. The first-order valence-corrected chi connectivity index (χ1v) is 11.3. The van der Waals surface area contributed by atoms with Gasteiger partial charge in [-0.05, 0) is 37.3 Å². The Morgan fingerprint density at radius 1 is 1.16 bits per heavy atom. The molecular weight excluding hydrogens is 412 g/mol. The third-order valence-corrected chi connectivity index (χ3v) is 5.89. The molecule has 176 valence electrons. The number of ether oxygens (including phenoxy) is 3. The van der Waals surface area contributed by atoms with Crippen molar-refractivity contribution >= 4 is 23.7 Å². The molecule has 0 radical (unpaired) electrons. The van der Waals surface area contributed by atoms with Gasteiger partial charge in [-0.15, -0.1) is 0 Å². The third-order valence-electron chi connectivity index (χ3n) is 5.89. The van der Waals surface area contributed by atoms with Crippen LogP contribution >= 0.6 is 0 Å². The number of carbonyl (C=O) groups excluding carboxylic acids is 4. The van der Waals surface area contributed by atoms with E-state index < -0.39 is 41.4 Å². The Morgan fingerprint density at radius 2 is 1.91 bits per heavy atom. The molecule has 2 aliphatic rings. The van der Waals surface area contributed by atoms with Crippen molar-refractivity contribution in [3.8, 4) is 0 Å². The first-order chi connectivity index (χ1) is 15.2. The van der Waals surface area contributed by atoms with E-state index in [4.69, 9.17) is 14.2 Å². The number of carbonyl (C=O) groups is 4. The molecule has 0 aromatic rings. The second-order valence-corrected chi connectivity index (χ2v) is 8.28. The summed E-state index contributed by atoms with van der Waals surface area (Å²) in [4.78, 5) is 48.5. The molecule has 2 aliphatic carbocycles. The number of fused-ring (bicyclic) bond motifs is 2. The lowest BCUT2D eigenvalue weighted by Gasteiger charge is -2.35. The summed E-state index contributed by atoms with van der Waals surface area (Å²) in [6.07, 6.45) is 13.8. The molecular formula is C25H34O7. The molecule has 0 fully saturated rings. The maximum atomic E-state index is 13.4. The van der Waals surface area contributed by atoms with Crippen LogP contribution in [0.3, 0.4) is 0 Å². The Hall–Kier alpha value is -2.70. The van der Waals surface area contributed by atoms with Gasteiger partial charge in [0.15, 0.2) is 5.78 Å². The molecule has 0 amide bonds. The fourth-order valence-corrected chi connectivity index (χ4v) is 4.36. The van der Waals surface area contributed by atoms with E-state index in [-0.39, 0.29) is 18.6 Å². The summed E-state index contributed by atoms with van der Waals surface area (Å²) in [7, 11) is 1.29. The minimum Gasteiger partial charge on any atom is -0.469 e. The Kier molecular flexibility index (Phi) is 9.42. The van der Waals surface area contributed by atoms with E-state index in [9.17, 15) is 19.2 Å². The molecule has 2 bridgehead atoms. The molecule has 7 heteroatoms. The predicted octanol–water partition coefficient (Wildman–Crippen LogP) is 4.01. The summed E-state index contributed by atoms with van der Waals surface area (Å²) in [5, 5.41) is 0. The average molecular weight is 447 g/mol. The van der Waals surface area contributed by atoms with Gasteiger partial charge >= 0.3 is 17.9 Å². The smallest absolute Gasteiger partial charge is 0.305 e. The number of ketones is 1. The lowest BCUT2D eigenvalue weighted by atomic mass is 9.76. The minimum absolute atomic E-state index is 0.0614. The first-order valence-electron chi connectivity index (χ1n) is 11.3. The fourth-order valence-electron chi connectivity index (χ4n) is 4.36. The van der Waals surface area contributed by atoms with Crippen LogP contribution in [0.1, 0.15) is 65.7 Å². The zero-order valence-electron chi connectivity index (χ0n) is 19.4. The molecule has 0 N–H and O–H groups in total. The number of methoxy groups -OCH3 is 1. The van der Waals surface area contributed by atoms with Gasteiger partial charge in [-0.1, -0.05) is 44.1 Å². The number of rotatable bonds is 12. The molecule has 0 unspecified atom stereocenters. The number of Topliss-reactive ketones (excluding diaryl/α,β-unsaturated/α-hetero) is 1. The van der Waals surface area contributed by atoms with Crippen molar-refractivity contribution in [1.29, 1.82) is 0 Å². The van der Waals surface area contributed by atoms with Gasteiger partial charge in [0, 0.05) is 26.2 Å². The highest BCUT2D eigenvalue weighted by atomic mass is 16.6. The van der Waals surface area contributed by atoms with Gasteiger partial charge in [-0.3, -0.25) is 19.2 Å². The van der Waals surface area contributed by atoms with Gasteiger partial charge in [0.2, 0.25) is 5.60 Å². The largest absolute Gasteiger partial charge is 0.469 e. The lowest BCUT2D eigenvalue weighted by Crippen LogP contribution is -2.47. The number of allylic oxidation sites excluding steroid dienone is 3. The van der Waals surface area contributed by atoms with Crippen LogP contribution in [0.5, 0.6) is 0 Å². The molecule has 0 saturated heterocycles. The zero-order chi connectivity index (χ0) is 23.7. The number of esters is 3. The molecule has 4 atom stereocenters. The van der Waals surface area contributed by atoms with Gasteiger partial charge in [0.1, 0.15) is 6.10 Å². The van der Waals surface area contributed by atoms with Crippen molar-refractivity contribution in [3.05, 3.63) is 36.0 Å². The van der Waals surface area contributed by atoms with Gasteiger partial charge in [-0.25, -0.2) is 0 Å². The summed E-state index contributed by atoms with van der Waals surface area (Å²) in [6, 6.07) is 0. The number of hydrogen-bond donors (Lipinski definition) is 0. The highest BCUT2D eigenvalue weighted by Gasteiger charge is 2.56. The molecule has 0 aliphatic heterocycles. The monoisotopic (exact) mass is 446 g/mol. The van der Waals surface area contributed by atoms with Crippen molar-refractivity contribution < 1.29 is 33.4 Å². The molecule has 0 saturated carbocycles. The summed E-state index contributed by atoms with van der Waals surface area (Å²) in [5.41, 5.74) is -0.702. The molecule has 0 heterocycles. The van der Waals surface area contributed by atoms with E-state index in [2.05, 4.69) is 13.0 Å². The Morgan fingerprint density at radius 3 is 2.53 bits per heavy atom. The van der Waals surface area contributed by atoms with Crippen LogP contribution < -0.4 is 0 Å². The van der Waals surface area contributed by atoms with Crippen LogP contribution in [0.25, 0.3) is 0 Å². The minimum atomic E-state index is -1.41. The lowest BCUT2D eigenvalue weighted by molar-refractivity contribution is -0.160. The molecule has 7 nitrogen and oxygen atoms in total. The molecule has 32 heavy (non-hydrogen) atoms. The topological polar surface area (TPSA) is 96.0 Å². The van der Waals surface area contributed by atoms with Crippen molar-refractivity contribution in [2.75, 3.05) is 7.11 Å². The van der Waals surface area contributed by atoms with E-state index in [1.54, 1.807) is 12.2 Å². The average Bonchev–Trinajstić information content (AvgIpc) is 2.89. The summed E-state index contributed by atoms with van der Waals surface area (Å²) < 4.78 is 15.7. The first kappa shape index (κ1) is 25.6. The molecule has 0 aromatic carbocycles. The van der Waals surface area contributed by atoms with E-state index in [0.29, 0.717) is 12.0 Å². The van der Waals surface area contributed by atoms with Crippen LogP contribution in [0.4, 0.5) is 0 Å². The second kappa shape index (κ2) is 11.8. The highest BCUT2D eigenvalue weighted by molar-refractivity contribution is 6.02. The Labute approximate surface area is 189 Å². The van der Waals surface area contributed by atoms with E-state index >= 15 is 0 Å². The van der Waals surface area contributed by atoms with E-state index in [0.717, 1.165) is 19.3 Å². The Bertz CT molecular complexity index is 807. The molecule has 2 rings (SSSR count). The van der Waals surface area contributed by atoms with E-state index in [1.165, 1.54) is 27.4 Å². The van der Waals surface area contributed by atoms with E-state index in [1.807, 2.05) is 12.2 Å². The summed E-state index contributed by atoms with van der Waals surface area (Å²) in [6.45, 7) is 4.73. The molecule has 0 aromatic heterocycles. The van der Waals surface area contributed by atoms with Crippen LogP contribution in [0.2, 0.25) is 0 Å². The maximum Gasteiger partial charge on any atom is 0.305 e. The van der Waals surface area contributed by atoms with Crippen LogP contribution in [0.15, 0.2) is 36.0 Å². The van der Waals surface area contributed by atoms with Gasteiger partial charge in [0.05, 0.1) is 13.0 Å². The summed E-state index contributed by atoms with van der Waals surface area (Å²) in [5.74, 6) is -2.75. The van der Waals surface area contributed by atoms with Gasteiger partial charge in [0.25, 0.3) is 0 Å². The van der Waals surface area contributed by atoms with Crippen molar-refractivity contribution in [2.45, 2.75) is 77.4 Å². The van der Waals surface area contributed by atoms with Crippen molar-refractivity contribution in [3.63, 3.8) is 0 Å². The summed E-state index contributed by atoms with van der Waals surface area (Å²) >= 11 is 0.